The number of pyridine rings is 1. The van der Waals surface area contributed by atoms with E-state index in [1.54, 1.807) is 12.4 Å². The maximum atomic E-state index is 11.8. The van der Waals surface area contributed by atoms with Crippen LogP contribution in [-0.4, -0.2) is 33.5 Å². The zero-order chi connectivity index (χ0) is 16.5. The van der Waals surface area contributed by atoms with Crippen LogP contribution >= 0.6 is 11.3 Å². The average Bonchev–Trinajstić information content (AvgIpc) is 3.00. The smallest absolute Gasteiger partial charge is 0.303 e. The minimum atomic E-state index is -0.775. The summed E-state index contributed by atoms with van der Waals surface area (Å²) >= 11 is 1.51. The Morgan fingerprint density at radius 1 is 1.17 bits per heavy atom. The van der Waals surface area contributed by atoms with Gasteiger partial charge in [0.15, 0.2) is 0 Å². The molecule has 122 valence electrons. The number of aromatic nitrogens is 2. The lowest BCUT2D eigenvalue weighted by Crippen LogP contribution is -2.26. The number of carboxylic acid groups (broad SMARTS) is 1. The quantitative estimate of drug-likeness (QED) is 0.688. The number of amides is 1. The van der Waals surface area contributed by atoms with Gasteiger partial charge < -0.3 is 10.4 Å². The van der Waals surface area contributed by atoms with Crippen molar-refractivity contribution in [1.82, 2.24) is 15.3 Å². The molecular formula is C16H19N3O3S. The molecule has 23 heavy (non-hydrogen) atoms. The van der Waals surface area contributed by atoms with Crippen molar-refractivity contribution < 1.29 is 14.7 Å². The number of rotatable bonds is 9. The number of thiazole rings is 1. The minimum absolute atomic E-state index is 0.0604. The Morgan fingerprint density at radius 3 is 2.70 bits per heavy atom. The molecule has 7 heteroatoms. The highest BCUT2D eigenvalue weighted by Gasteiger charge is 2.08. The van der Waals surface area contributed by atoms with E-state index in [9.17, 15) is 9.59 Å². The Balaban J connectivity index is 1.70. The van der Waals surface area contributed by atoms with Crippen LogP contribution in [0.5, 0.6) is 0 Å². The molecule has 1 amide bonds. The lowest BCUT2D eigenvalue weighted by atomic mass is 10.2. The van der Waals surface area contributed by atoms with Gasteiger partial charge in [0.1, 0.15) is 5.01 Å². The van der Waals surface area contributed by atoms with Crippen molar-refractivity contribution in [3.05, 3.63) is 35.6 Å². The molecule has 6 nitrogen and oxygen atoms in total. The molecule has 0 unspecified atom stereocenters. The van der Waals surface area contributed by atoms with Gasteiger partial charge >= 0.3 is 5.97 Å². The van der Waals surface area contributed by atoms with Crippen LogP contribution in [0.2, 0.25) is 0 Å². The van der Waals surface area contributed by atoms with Crippen molar-refractivity contribution in [2.24, 2.45) is 0 Å². The summed E-state index contributed by atoms with van der Waals surface area (Å²) in [6.45, 7) is 0.569. The van der Waals surface area contributed by atoms with Gasteiger partial charge in [0.05, 0.1) is 12.1 Å². The fraction of sp³-hybridized carbons (Fsp3) is 0.375. The van der Waals surface area contributed by atoms with Crippen LogP contribution in [0.3, 0.4) is 0 Å². The zero-order valence-electron chi connectivity index (χ0n) is 12.7. The van der Waals surface area contributed by atoms with E-state index in [0.717, 1.165) is 29.1 Å². The number of nitrogens with zero attached hydrogens (tertiary/aromatic N) is 2. The SMILES string of the molecule is O=C(O)CCCCCNC(=O)Cc1csc(-c2ccncc2)n1. The Labute approximate surface area is 138 Å². The lowest BCUT2D eigenvalue weighted by Gasteiger charge is -2.03. The Morgan fingerprint density at radius 2 is 1.96 bits per heavy atom. The first kappa shape index (κ1) is 17.1. The molecule has 0 saturated heterocycles. The lowest BCUT2D eigenvalue weighted by molar-refractivity contribution is -0.137. The first-order chi connectivity index (χ1) is 11.1. The fourth-order valence-electron chi connectivity index (χ4n) is 2.05. The summed E-state index contributed by atoms with van der Waals surface area (Å²) in [4.78, 5) is 30.7. The maximum absolute atomic E-state index is 11.8. The van der Waals surface area contributed by atoms with Gasteiger partial charge in [0, 0.05) is 36.3 Å². The second-order valence-corrected chi connectivity index (χ2v) is 5.97. The number of hydrogen-bond donors (Lipinski definition) is 2. The predicted molar refractivity (Wildman–Crippen MR) is 88.2 cm³/mol. The average molecular weight is 333 g/mol. The fourth-order valence-corrected chi connectivity index (χ4v) is 2.87. The summed E-state index contributed by atoms with van der Waals surface area (Å²) in [5.41, 5.74) is 1.75. The number of aliphatic carboxylic acids is 1. The molecule has 0 aromatic carbocycles. The number of hydrogen-bond acceptors (Lipinski definition) is 5. The molecule has 2 heterocycles. The van der Waals surface area contributed by atoms with E-state index < -0.39 is 5.97 Å². The van der Waals surface area contributed by atoms with E-state index in [4.69, 9.17) is 5.11 Å². The molecular weight excluding hydrogens is 314 g/mol. The molecule has 0 atom stereocenters. The largest absolute Gasteiger partial charge is 0.481 e. The number of carbonyl (C=O) groups is 2. The standard InChI is InChI=1S/C16H19N3O3S/c20-14(18-7-3-1-2-4-15(21)22)10-13-11-23-16(19-13)12-5-8-17-9-6-12/h5-6,8-9,11H,1-4,7,10H2,(H,18,20)(H,21,22). The molecule has 0 fully saturated rings. The molecule has 0 aliphatic heterocycles. The Kier molecular flexibility index (Phi) is 6.68. The molecule has 0 radical (unpaired) electrons. The number of carbonyl (C=O) groups excluding carboxylic acids is 1. The van der Waals surface area contributed by atoms with Gasteiger partial charge in [-0.05, 0) is 25.0 Å². The van der Waals surface area contributed by atoms with Crippen LogP contribution in [0, 0.1) is 0 Å². The number of unbranched alkanes of at least 4 members (excludes halogenated alkanes) is 2. The van der Waals surface area contributed by atoms with Crippen molar-refractivity contribution in [3.8, 4) is 10.6 Å². The first-order valence-corrected chi connectivity index (χ1v) is 8.36. The van der Waals surface area contributed by atoms with Crippen molar-refractivity contribution in [3.63, 3.8) is 0 Å². The minimum Gasteiger partial charge on any atom is -0.481 e. The highest BCUT2D eigenvalue weighted by atomic mass is 32.1. The maximum Gasteiger partial charge on any atom is 0.303 e. The second kappa shape index (κ2) is 8.99. The third kappa shape index (κ3) is 6.15. The molecule has 0 aliphatic carbocycles. The Hall–Kier alpha value is -2.28. The van der Waals surface area contributed by atoms with Gasteiger partial charge in [0.2, 0.25) is 5.91 Å². The van der Waals surface area contributed by atoms with Gasteiger partial charge in [-0.2, -0.15) is 0 Å². The van der Waals surface area contributed by atoms with E-state index in [1.807, 2.05) is 17.5 Å². The monoisotopic (exact) mass is 333 g/mol. The van der Waals surface area contributed by atoms with Crippen LogP contribution in [-0.2, 0) is 16.0 Å². The third-order valence-corrected chi connectivity index (χ3v) is 4.15. The number of nitrogens with one attached hydrogen (secondary N) is 1. The van der Waals surface area contributed by atoms with Crippen LogP contribution in [0.1, 0.15) is 31.4 Å². The van der Waals surface area contributed by atoms with Gasteiger partial charge in [-0.25, -0.2) is 4.98 Å². The van der Waals surface area contributed by atoms with Gasteiger partial charge in [-0.3, -0.25) is 14.6 Å². The molecule has 0 spiro atoms. The van der Waals surface area contributed by atoms with E-state index in [-0.39, 0.29) is 18.7 Å². The normalized spacial score (nSPS) is 10.4. The molecule has 2 rings (SSSR count). The van der Waals surface area contributed by atoms with Crippen molar-refractivity contribution in [2.45, 2.75) is 32.1 Å². The summed E-state index contributed by atoms with van der Waals surface area (Å²) in [7, 11) is 0. The van der Waals surface area contributed by atoms with Crippen molar-refractivity contribution in [2.75, 3.05) is 6.54 Å². The molecule has 0 bridgehead atoms. The second-order valence-electron chi connectivity index (χ2n) is 5.11. The number of carboxylic acids is 1. The summed E-state index contributed by atoms with van der Waals surface area (Å²) in [5, 5.41) is 14.1. The highest BCUT2D eigenvalue weighted by Crippen LogP contribution is 2.22. The van der Waals surface area contributed by atoms with E-state index in [1.165, 1.54) is 11.3 Å². The first-order valence-electron chi connectivity index (χ1n) is 7.48. The van der Waals surface area contributed by atoms with Crippen LogP contribution in [0.15, 0.2) is 29.9 Å². The predicted octanol–water partition coefficient (Wildman–Crippen LogP) is 2.51. The summed E-state index contributed by atoms with van der Waals surface area (Å²) < 4.78 is 0. The highest BCUT2D eigenvalue weighted by molar-refractivity contribution is 7.13. The van der Waals surface area contributed by atoms with Crippen LogP contribution < -0.4 is 5.32 Å². The van der Waals surface area contributed by atoms with Gasteiger partial charge in [-0.15, -0.1) is 11.3 Å². The summed E-state index contributed by atoms with van der Waals surface area (Å²) in [5.74, 6) is -0.836. The third-order valence-electron chi connectivity index (χ3n) is 3.21. The topological polar surface area (TPSA) is 92.2 Å². The van der Waals surface area contributed by atoms with Gasteiger partial charge in [0.25, 0.3) is 0 Å². The van der Waals surface area contributed by atoms with Crippen molar-refractivity contribution >= 4 is 23.2 Å². The summed E-state index contributed by atoms with van der Waals surface area (Å²) in [6.07, 6.45) is 6.11. The molecule has 0 aliphatic rings. The molecule has 2 N–H and O–H groups in total. The summed E-state index contributed by atoms with van der Waals surface area (Å²) in [6, 6.07) is 3.78. The molecule has 2 aromatic rings. The molecule has 2 aromatic heterocycles. The Bertz CT molecular complexity index is 643. The van der Waals surface area contributed by atoms with Crippen molar-refractivity contribution in [1.29, 1.82) is 0 Å². The van der Waals surface area contributed by atoms with E-state index in [2.05, 4.69) is 15.3 Å². The zero-order valence-corrected chi connectivity index (χ0v) is 13.5. The van der Waals surface area contributed by atoms with E-state index >= 15 is 0 Å². The molecule has 0 saturated carbocycles. The van der Waals surface area contributed by atoms with Crippen LogP contribution in [0.25, 0.3) is 10.6 Å². The van der Waals surface area contributed by atoms with Crippen LogP contribution in [0.4, 0.5) is 0 Å². The van der Waals surface area contributed by atoms with Gasteiger partial charge in [-0.1, -0.05) is 6.42 Å². The van der Waals surface area contributed by atoms with E-state index in [0.29, 0.717) is 13.0 Å².